The van der Waals surface area contributed by atoms with E-state index in [1.165, 1.54) is 5.56 Å². The van der Waals surface area contributed by atoms with Crippen molar-refractivity contribution in [1.82, 2.24) is 4.98 Å². The van der Waals surface area contributed by atoms with Crippen LogP contribution in [0.2, 0.25) is 0 Å². The number of hydrogen-bond donors (Lipinski definition) is 0. The van der Waals surface area contributed by atoms with E-state index in [2.05, 4.69) is 54.2 Å². The normalized spacial score (nSPS) is 15.0. The summed E-state index contributed by atoms with van der Waals surface area (Å²) in [6.07, 6.45) is 10.2. The lowest BCUT2D eigenvalue weighted by Crippen LogP contribution is -2.18. The molecular formula is C13H16N2. The topological polar surface area (TPSA) is 16.1 Å². The van der Waals surface area contributed by atoms with Crippen LogP contribution in [0.15, 0.2) is 42.8 Å². The van der Waals surface area contributed by atoms with Gasteiger partial charge >= 0.3 is 0 Å². The third-order valence-corrected chi connectivity index (χ3v) is 2.55. The van der Waals surface area contributed by atoms with Gasteiger partial charge in [0.2, 0.25) is 0 Å². The van der Waals surface area contributed by atoms with E-state index < -0.39 is 0 Å². The van der Waals surface area contributed by atoms with Crippen LogP contribution < -0.4 is 4.90 Å². The number of hydrogen-bond acceptors (Lipinski definition) is 2. The van der Waals surface area contributed by atoms with Crippen molar-refractivity contribution < 1.29 is 0 Å². The Labute approximate surface area is 90.9 Å². The fourth-order valence-electron chi connectivity index (χ4n) is 1.55. The third kappa shape index (κ3) is 2.27. The van der Waals surface area contributed by atoms with Crippen LogP contribution in [0, 0.1) is 0 Å². The molecule has 0 N–H and O–H groups in total. The van der Waals surface area contributed by atoms with Crippen molar-refractivity contribution >= 4 is 5.82 Å². The number of allylic oxidation sites excluding steroid dienone is 2. The number of anilines is 1. The molecule has 0 amide bonds. The lowest BCUT2D eigenvalue weighted by molar-refractivity contribution is 0.855. The summed E-state index contributed by atoms with van der Waals surface area (Å²) in [6, 6.07) is 4.23. The largest absolute Gasteiger partial charge is 0.329 e. The number of rotatable bonds is 2. The van der Waals surface area contributed by atoms with E-state index in [9.17, 15) is 0 Å². The van der Waals surface area contributed by atoms with Crippen molar-refractivity contribution in [2.75, 3.05) is 11.4 Å². The lowest BCUT2D eigenvalue weighted by Gasteiger charge is -2.19. The Morgan fingerprint density at radius 2 is 2.13 bits per heavy atom. The summed E-state index contributed by atoms with van der Waals surface area (Å²) in [6.45, 7) is 5.27. The van der Waals surface area contributed by atoms with E-state index in [4.69, 9.17) is 0 Å². The van der Waals surface area contributed by atoms with Crippen LogP contribution >= 0.6 is 0 Å². The minimum absolute atomic E-state index is 0.545. The zero-order chi connectivity index (χ0) is 10.7. The predicted molar refractivity (Wildman–Crippen MR) is 64.0 cm³/mol. The molecule has 15 heavy (non-hydrogen) atoms. The highest BCUT2D eigenvalue weighted by Gasteiger charge is 2.05. The SMILES string of the molecule is CC(C)c1ccc(N2C=CC=CC2)nc1. The summed E-state index contributed by atoms with van der Waals surface area (Å²) in [5, 5.41) is 0. The highest BCUT2D eigenvalue weighted by atomic mass is 15.2. The Hall–Kier alpha value is -1.57. The molecule has 2 heterocycles. The van der Waals surface area contributed by atoms with Gasteiger partial charge < -0.3 is 4.90 Å². The first-order chi connectivity index (χ1) is 7.27. The zero-order valence-corrected chi connectivity index (χ0v) is 9.22. The summed E-state index contributed by atoms with van der Waals surface area (Å²) in [5.41, 5.74) is 1.29. The van der Waals surface area contributed by atoms with Crippen molar-refractivity contribution in [2.45, 2.75) is 19.8 Å². The quantitative estimate of drug-likeness (QED) is 0.729. The van der Waals surface area contributed by atoms with Gasteiger partial charge in [-0.05, 0) is 23.6 Å². The minimum Gasteiger partial charge on any atom is -0.329 e. The molecule has 1 aliphatic rings. The summed E-state index contributed by atoms with van der Waals surface area (Å²) < 4.78 is 0. The van der Waals surface area contributed by atoms with Gasteiger partial charge in [0.1, 0.15) is 5.82 Å². The molecule has 0 atom stereocenters. The van der Waals surface area contributed by atoms with Gasteiger partial charge in [-0.1, -0.05) is 32.1 Å². The molecule has 0 aliphatic carbocycles. The molecule has 2 rings (SSSR count). The van der Waals surface area contributed by atoms with Crippen molar-refractivity contribution in [3.05, 3.63) is 48.3 Å². The van der Waals surface area contributed by atoms with Gasteiger partial charge in [0.25, 0.3) is 0 Å². The molecule has 0 radical (unpaired) electrons. The molecule has 1 aliphatic heterocycles. The average Bonchev–Trinajstić information content (AvgIpc) is 2.30. The van der Waals surface area contributed by atoms with E-state index in [0.717, 1.165) is 12.4 Å². The van der Waals surface area contributed by atoms with Crippen LogP contribution in [-0.2, 0) is 0 Å². The molecule has 0 fully saturated rings. The van der Waals surface area contributed by atoms with Crippen LogP contribution in [-0.4, -0.2) is 11.5 Å². The second-order valence-corrected chi connectivity index (χ2v) is 4.03. The first kappa shape index (κ1) is 9.97. The van der Waals surface area contributed by atoms with E-state index in [1.54, 1.807) is 0 Å². The Balaban J connectivity index is 2.16. The first-order valence-electron chi connectivity index (χ1n) is 5.33. The molecule has 78 valence electrons. The minimum atomic E-state index is 0.545. The Morgan fingerprint density at radius 1 is 1.27 bits per heavy atom. The maximum Gasteiger partial charge on any atom is 0.132 e. The van der Waals surface area contributed by atoms with E-state index in [-0.39, 0.29) is 0 Å². The summed E-state index contributed by atoms with van der Waals surface area (Å²) in [7, 11) is 0. The van der Waals surface area contributed by atoms with Gasteiger partial charge in [0, 0.05) is 18.9 Å². The second kappa shape index (κ2) is 4.30. The predicted octanol–water partition coefficient (Wildman–Crippen LogP) is 3.09. The molecule has 0 saturated carbocycles. The van der Waals surface area contributed by atoms with Crippen LogP contribution in [0.5, 0.6) is 0 Å². The molecule has 2 heteroatoms. The van der Waals surface area contributed by atoms with Gasteiger partial charge in [0.15, 0.2) is 0 Å². The Morgan fingerprint density at radius 3 is 2.67 bits per heavy atom. The third-order valence-electron chi connectivity index (χ3n) is 2.55. The highest BCUT2D eigenvalue weighted by molar-refractivity contribution is 5.45. The van der Waals surface area contributed by atoms with E-state index in [1.807, 2.05) is 12.3 Å². The molecule has 1 aromatic heterocycles. The van der Waals surface area contributed by atoms with Gasteiger partial charge in [-0.3, -0.25) is 0 Å². The van der Waals surface area contributed by atoms with Crippen LogP contribution in [0.3, 0.4) is 0 Å². The fraction of sp³-hybridized carbons (Fsp3) is 0.308. The first-order valence-corrected chi connectivity index (χ1v) is 5.33. The van der Waals surface area contributed by atoms with Crippen molar-refractivity contribution in [3.8, 4) is 0 Å². The molecule has 1 aromatic rings. The molecule has 0 spiro atoms. The van der Waals surface area contributed by atoms with Crippen molar-refractivity contribution in [2.24, 2.45) is 0 Å². The van der Waals surface area contributed by atoms with Crippen LogP contribution in [0.4, 0.5) is 5.82 Å². The van der Waals surface area contributed by atoms with Gasteiger partial charge in [0.05, 0.1) is 0 Å². The van der Waals surface area contributed by atoms with Crippen molar-refractivity contribution in [1.29, 1.82) is 0 Å². The summed E-state index contributed by atoms with van der Waals surface area (Å²) in [5.74, 6) is 1.56. The fourth-order valence-corrected chi connectivity index (χ4v) is 1.55. The van der Waals surface area contributed by atoms with Gasteiger partial charge in [-0.2, -0.15) is 0 Å². The van der Waals surface area contributed by atoms with Gasteiger partial charge in [-0.15, -0.1) is 0 Å². The maximum absolute atomic E-state index is 4.46. The lowest BCUT2D eigenvalue weighted by atomic mass is 10.1. The molecule has 0 aromatic carbocycles. The Bertz CT molecular complexity index is 374. The van der Waals surface area contributed by atoms with Crippen LogP contribution in [0.25, 0.3) is 0 Å². The van der Waals surface area contributed by atoms with Crippen molar-refractivity contribution in [3.63, 3.8) is 0 Å². The summed E-state index contributed by atoms with van der Waals surface area (Å²) >= 11 is 0. The number of pyridine rings is 1. The summed E-state index contributed by atoms with van der Waals surface area (Å²) in [4.78, 5) is 6.59. The highest BCUT2D eigenvalue weighted by Crippen LogP contribution is 2.18. The average molecular weight is 200 g/mol. The second-order valence-electron chi connectivity index (χ2n) is 4.03. The van der Waals surface area contributed by atoms with Gasteiger partial charge in [-0.25, -0.2) is 4.98 Å². The van der Waals surface area contributed by atoms with E-state index in [0.29, 0.717) is 5.92 Å². The van der Waals surface area contributed by atoms with E-state index >= 15 is 0 Å². The smallest absolute Gasteiger partial charge is 0.132 e. The number of nitrogens with zero attached hydrogens (tertiary/aromatic N) is 2. The number of aromatic nitrogens is 1. The monoisotopic (exact) mass is 200 g/mol. The molecule has 0 bridgehead atoms. The molecule has 0 unspecified atom stereocenters. The maximum atomic E-state index is 4.46. The Kier molecular flexibility index (Phi) is 2.86. The zero-order valence-electron chi connectivity index (χ0n) is 9.22. The molecule has 2 nitrogen and oxygen atoms in total. The standard InChI is InChI=1S/C13H16N2/c1-11(2)12-6-7-13(14-10-12)15-8-4-3-5-9-15/h3-8,10-11H,9H2,1-2H3. The molecular weight excluding hydrogens is 184 g/mol. The van der Waals surface area contributed by atoms with Crippen LogP contribution in [0.1, 0.15) is 25.3 Å². The molecule has 0 saturated heterocycles.